The molecule has 0 unspecified atom stereocenters. The molecule has 3 N–H and O–H groups in total. The summed E-state index contributed by atoms with van der Waals surface area (Å²) >= 11 is 1.22. The number of nitrogens with two attached hydrogens (primary N) is 1. The lowest BCUT2D eigenvalue weighted by Gasteiger charge is -2.25. The summed E-state index contributed by atoms with van der Waals surface area (Å²) in [7, 11) is -3.46. The zero-order chi connectivity index (χ0) is 18.6. The molecule has 0 bridgehead atoms. The monoisotopic (exact) mass is 522 g/mol. The third-order valence-electron chi connectivity index (χ3n) is 3.93. The smallest absolute Gasteiger partial charge is 0.252 e. The molecule has 2 aromatic rings. The lowest BCUT2D eigenvalue weighted by atomic mass is 10.2. The van der Waals surface area contributed by atoms with Gasteiger partial charge in [-0.05, 0) is 31.2 Å². The van der Waals surface area contributed by atoms with Gasteiger partial charge in [-0.2, -0.15) is 4.31 Å². The molecule has 148 valence electrons. The zero-order valence-electron chi connectivity index (χ0n) is 14.9. The van der Waals surface area contributed by atoms with Crippen molar-refractivity contribution in [2.45, 2.75) is 17.7 Å². The van der Waals surface area contributed by atoms with E-state index in [2.05, 4.69) is 10.3 Å². The van der Waals surface area contributed by atoms with Crippen LogP contribution in [0.15, 0.2) is 45.6 Å². The van der Waals surface area contributed by atoms with E-state index in [1.54, 1.807) is 12.1 Å². The first-order valence-electron chi connectivity index (χ1n) is 8.25. The summed E-state index contributed by atoms with van der Waals surface area (Å²) in [5, 5.41) is 3.02. The van der Waals surface area contributed by atoms with Gasteiger partial charge in [0.2, 0.25) is 0 Å². The third-order valence-corrected chi connectivity index (χ3v) is 7.37. The SMILES string of the molecule is Cc1ccc(NC(N)=NCc2ccc(S(=O)(=O)N3CCOCC3)s2)cc1.I. The van der Waals surface area contributed by atoms with Crippen LogP contribution in [-0.2, 0) is 21.3 Å². The van der Waals surface area contributed by atoms with E-state index in [-0.39, 0.29) is 24.0 Å². The van der Waals surface area contributed by atoms with Gasteiger partial charge in [-0.3, -0.25) is 0 Å². The summed E-state index contributed by atoms with van der Waals surface area (Å²) in [6.45, 7) is 3.99. The second kappa shape index (κ2) is 9.82. The summed E-state index contributed by atoms with van der Waals surface area (Å²) in [6, 6.07) is 11.2. The number of halogens is 1. The predicted molar refractivity (Wildman–Crippen MR) is 119 cm³/mol. The summed E-state index contributed by atoms with van der Waals surface area (Å²) in [5.41, 5.74) is 7.93. The van der Waals surface area contributed by atoms with Crippen molar-refractivity contribution in [3.63, 3.8) is 0 Å². The van der Waals surface area contributed by atoms with E-state index in [0.29, 0.717) is 43.0 Å². The fourth-order valence-corrected chi connectivity index (χ4v) is 5.33. The number of morpholine rings is 1. The molecular weight excluding hydrogens is 499 g/mol. The fourth-order valence-electron chi connectivity index (χ4n) is 2.48. The van der Waals surface area contributed by atoms with Gasteiger partial charge in [0.05, 0.1) is 19.8 Å². The second-order valence-corrected chi connectivity index (χ2v) is 9.26. The van der Waals surface area contributed by atoms with Crippen LogP contribution >= 0.6 is 35.3 Å². The minimum Gasteiger partial charge on any atom is -0.379 e. The lowest BCUT2D eigenvalue weighted by Crippen LogP contribution is -2.40. The number of aliphatic imine (C=N–C) groups is 1. The number of nitrogens with one attached hydrogen (secondary N) is 1. The summed E-state index contributed by atoms with van der Waals surface area (Å²) < 4.78 is 32.2. The molecule has 3 rings (SSSR count). The van der Waals surface area contributed by atoms with Crippen molar-refractivity contribution in [3.8, 4) is 0 Å². The van der Waals surface area contributed by atoms with E-state index in [0.717, 1.165) is 10.6 Å². The fraction of sp³-hybridized carbons (Fsp3) is 0.353. The van der Waals surface area contributed by atoms with Crippen LogP contribution in [0.25, 0.3) is 0 Å². The first-order valence-corrected chi connectivity index (χ1v) is 10.5. The van der Waals surface area contributed by atoms with Gasteiger partial charge in [-0.25, -0.2) is 13.4 Å². The maximum atomic E-state index is 12.6. The Balaban J connectivity index is 0.00000261. The number of nitrogens with zero attached hydrogens (tertiary/aromatic N) is 2. The Morgan fingerprint density at radius 2 is 1.89 bits per heavy atom. The van der Waals surface area contributed by atoms with Crippen molar-refractivity contribution in [2.75, 3.05) is 31.6 Å². The van der Waals surface area contributed by atoms with Gasteiger partial charge in [0, 0.05) is 23.7 Å². The molecule has 7 nitrogen and oxygen atoms in total. The van der Waals surface area contributed by atoms with Crippen molar-refractivity contribution in [3.05, 3.63) is 46.8 Å². The summed E-state index contributed by atoms with van der Waals surface area (Å²) in [6.07, 6.45) is 0. The topological polar surface area (TPSA) is 97.0 Å². The summed E-state index contributed by atoms with van der Waals surface area (Å²) in [4.78, 5) is 5.12. The maximum absolute atomic E-state index is 12.6. The first-order chi connectivity index (χ1) is 12.4. The molecule has 10 heteroatoms. The molecule has 2 heterocycles. The molecule has 1 aromatic carbocycles. The number of hydrogen-bond donors (Lipinski definition) is 2. The molecule has 0 atom stereocenters. The van der Waals surface area contributed by atoms with Crippen molar-refractivity contribution in [1.29, 1.82) is 0 Å². The number of guanidine groups is 1. The number of hydrogen-bond acceptors (Lipinski definition) is 5. The standard InChI is InChI=1S/C17H22N4O3S2.HI/c1-13-2-4-14(5-3-13)20-17(18)19-12-15-6-7-16(25-15)26(22,23)21-8-10-24-11-9-21;/h2-7H,8-12H2,1H3,(H3,18,19,20);1H. The van der Waals surface area contributed by atoms with Crippen LogP contribution in [0.2, 0.25) is 0 Å². The van der Waals surface area contributed by atoms with Gasteiger partial charge in [0.15, 0.2) is 5.96 Å². The largest absolute Gasteiger partial charge is 0.379 e. The Labute approximate surface area is 180 Å². The van der Waals surface area contributed by atoms with Gasteiger partial charge in [0.25, 0.3) is 10.0 Å². The van der Waals surface area contributed by atoms with Crippen LogP contribution in [0.4, 0.5) is 5.69 Å². The molecule has 0 radical (unpaired) electrons. The van der Waals surface area contributed by atoms with Gasteiger partial charge in [-0.1, -0.05) is 17.7 Å². The number of sulfonamides is 1. The van der Waals surface area contributed by atoms with Crippen LogP contribution < -0.4 is 11.1 Å². The average molecular weight is 522 g/mol. The van der Waals surface area contributed by atoms with Crippen molar-refractivity contribution in [2.24, 2.45) is 10.7 Å². The van der Waals surface area contributed by atoms with Gasteiger partial charge < -0.3 is 15.8 Å². The van der Waals surface area contributed by atoms with E-state index in [9.17, 15) is 8.42 Å². The quantitative estimate of drug-likeness (QED) is 0.358. The van der Waals surface area contributed by atoms with Crippen LogP contribution in [0, 0.1) is 6.92 Å². The highest BCUT2D eigenvalue weighted by Gasteiger charge is 2.27. The Hall–Kier alpha value is -1.21. The van der Waals surface area contributed by atoms with E-state index in [4.69, 9.17) is 10.5 Å². The number of rotatable bonds is 5. The molecule has 1 aliphatic rings. The molecule has 1 aliphatic heterocycles. The molecule has 0 aliphatic carbocycles. The Morgan fingerprint density at radius 1 is 1.22 bits per heavy atom. The van der Waals surface area contributed by atoms with Crippen molar-refractivity contribution >= 4 is 57.0 Å². The number of ether oxygens (including phenoxy) is 1. The molecule has 1 saturated heterocycles. The van der Waals surface area contributed by atoms with E-state index >= 15 is 0 Å². The zero-order valence-corrected chi connectivity index (χ0v) is 18.9. The van der Waals surface area contributed by atoms with Crippen molar-refractivity contribution in [1.82, 2.24) is 4.31 Å². The molecule has 1 aromatic heterocycles. The van der Waals surface area contributed by atoms with Crippen LogP contribution in [0.1, 0.15) is 10.4 Å². The Kier molecular flexibility index (Phi) is 8.04. The summed E-state index contributed by atoms with van der Waals surface area (Å²) in [5.74, 6) is 0.292. The molecule has 1 fully saturated rings. The Bertz CT molecular complexity index is 876. The first kappa shape index (κ1) is 22.1. The van der Waals surface area contributed by atoms with Crippen LogP contribution in [0.3, 0.4) is 0 Å². The number of benzene rings is 1. The molecule has 0 saturated carbocycles. The van der Waals surface area contributed by atoms with Crippen molar-refractivity contribution < 1.29 is 13.2 Å². The van der Waals surface area contributed by atoms with E-state index < -0.39 is 10.0 Å². The Morgan fingerprint density at radius 3 is 2.56 bits per heavy atom. The van der Waals surface area contributed by atoms with E-state index in [1.807, 2.05) is 31.2 Å². The highest BCUT2D eigenvalue weighted by molar-refractivity contribution is 14.0. The number of thiophene rings is 1. The average Bonchev–Trinajstić information content (AvgIpc) is 3.13. The van der Waals surface area contributed by atoms with Gasteiger partial charge >= 0.3 is 0 Å². The predicted octanol–water partition coefficient (Wildman–Crippen LogP) is 2.62. The molecule has 27 heavy (non-hydrogen) atoms. The number of anilines is 1. The minimum atomic E-state index is -3.46. The highest BCUT2D eigenvalue weighted by Crippen LogP contribution is 2.26. The normalized spacial score (nSPS) is 16.0. The highest BCUT2D eigenvalue weighted by atomic mass is 127. The van der Waals surface area contributed by atoms with E-state index in [1.165, 1.54) is 21.2 Å². The van der Waals surface area contributed by atoms with Gasteiger partial charge in [0.1, 0.15) is 4.21 Å². The van der Waals surface area contributed by atoms with Gasteiger partial charge in [-0.15, -0.1) is 35.3 Å². The molecule has 0 spiro atoms. The second-order valence-electron chi connectivity index (χ2n) is 5.93. The molecule has 0 amide bonds. The van der Waals surface area contributed by atoms with Crippen LogP contribution in [0.5, 0.6) is 0 Å². The van der Waals surface area contributed by atoms with Crippen LogP contribution in [-0.4, -0.2) is 45.0 Å². The third kappa shape index (κ3) is 5.88. The maximum Gasteiger partial charge on any atom is 0.252 e. The lowest BCUT2D eigenvalue weighted by molar-refractivity contribution is 0.0731. The minimum absolute atomic E-state index is 0. The molecular formula is C17H23IN4O3S2. The number of aryl methyl sites for hydroxylation is 1.